The Morgan fingerprint density at radius 2 is 1.71 bits per heavy atom. The molecular formula is C26H26N4O4S. The molecule has 3 aromatic carbocycles. The Balaban J connectivity index is 1.55. The van der Waals surface area contributed by atoms with Gasteiger partial charge in [0.2, 0.25) is 5.91 Å². The van der Waals surface area contributed by atoms with Crippen molar-refractivity contribution in [2.24, 2.45) is 0 Å². The van der Waals surface area contributed by atoms with Gasteiger partial charge in [0.15, 0.2) is 0 Å². The fourth-order valence-electron chi connectivity index (χ4n) is 3.71. The molecule has 0 aliphatic carbocycles. The zero-order valence-corrected chi connectivity index (χ0v) is 20.3. The van der Waals surface area contributed by atoms with Crippen LogP contribution in [0.3, 0.4) is 0 Å². The predicted octanol–water partition coefficient (Wildman–Crippen LogP) is 4.28. The normalized spacial score (nSPS) is 11.1. The number of ether oxygens (including phenoxy) is 1. The smallest absolute Gasteiger partial charge is 0.264 e. The summed E-state index contributed by atoms with van der Waals surface area (Å²) in [7, 11) is -2.40. The first-order valence-electron chi connectivity index (χ1n) is 11.1. The molecule has 0 fully saturated rings. The van der Waals surface area contributed by atoms with Crippen LogP contribution in [0.15, 0.2) is 96.2 Å². The minimum absolute atomic E-state index is 0.0520. The Kier molecular flexibility index (Phi) is 7.17. The molecule has 8 nitrogen and oxygen atoms in total. The highest BCUT2D eigenvalue weighted by Gasteiger charge is 2.25. The Morgan fingerprint density at radius 1 is 1.03 bits per heavy atom. The van der Waals surface area contributed by atoms with Crippen LogP contribution in [0.25, 0.3) is 5.69 Å². The number of nitrogens with zero attached hydrogens (tertiary/aromatic N) is 3. The highest BCUT2D eigenvalue weighted by Crippen LogP contribution is 2.31. The second-order valence-corrected chi connectivity index (χ2v) is 9.58. The molecule has 9 heteroatoms. The molecule has 4 aromatic rings. The number of carbonyl (C=O) groups excluding carboxylic acids is 1. The number of carbonyl (C=O) groups is 1. The fraction of sp³-hybridized carbons (Fsp3) is 0.154. The third-order valence-electron chi connectivity index (χ3n) is 5.39. The van der Waals surface area contributed by atoms with Crippen molar-refractivity contribution < 1.29 is 17.9 Å². The molecule has 0 bridgehead atoms. The quantitative estimate of drug-likeness (QED) is 0.378. The number of hydrogen-bond acceptors (Lipinski definition) is 5. The second kappa shape index (κ2) is 10.4. The van der Waals surface area contributed by atoms with Crippen LogP contribution in [0.2, 0.25) is 0 Å². The van der Waals surface area contributed by atoms with Crippen molar-refractivity contribution in [3.05, 3.63) is 96.8 Å². The van der Waals surface area contributed by atoms with Crippen LogP contribution < -0.4 is 14.4 Å². The fourth-order valence-corrected chi connectivity index (χ4v) is 5.21. The Bertz CT molecular complexity index is 1400. The molecule has 4 rings (SSSR count). The number of sulfonamides is 1. The molecule has 0 atom stereocenters. The second-order valence-electron chi connectivity index (χ2n) is 7.72. The first-order valence-corrected chi connectivity index (χ1v) is 12.5. The van der Waals surface area contributed by atoms with Crippen molar-refractivity contribution in [1.29, 1.82) is 0 Å². The summed E-state index contributed by atoms with van der Waals surface area (Å²) in [4.78, 5) is 12.9. The lowest BCUT2D eigenvalue weighted by Gasteiger charge is -2.23. The molecule has 180 valence electrons. The van der Waals surface area contributed by atoms with Crippen LogP contribution >= 0.6 is 0 Å². The van der Waals surface area contributed by atoms with Crippen molar-refractivity contribution in [1.82, 2.24) is 9.78 Å². The van der Waals surface area contributed by atoms with E-state index in [1.165, 1.54) is 29.6 Å². The van der Waals surface area contributed by atoms with E-state index in [-0.39, 0.29) is 29.5 Å². The van der Waals surface area contributed by atoms with Gasteiger partial charge in [0.1, 0.15) is 5.75 Å². The number of anilines is 2. The zero-order valence-electron chi connectivity index (χ0n) is 19.5. The molecule has 0 unspecified atom stereocenters. The number of benzene rings is 3. The summed E-state index contributed by atoms with van der Waals surface area (Å²) in [5, 5.41) is 7.10. The highest BCUT2D eigenvalue weighted by atomic mass is 32.2. The van der Waals surface area contributed by atoms with E-state index in [1.807, 2.05) is 36.4 Å². The van der Waals surface area contributed by atoms with Gasteiger partial charge < -0.3 is 10.1 Å². The van der Waals surface area contributed by atoms with Gasteiger partial charge in [-0.05, 0) is 55.0 Å². The molecule has 1 aromatic heterocycles. The van der Waals surface area contributed by atoms with Gasteiger partial charge in [-0.3, -0.25) is 9.10 Å². The maximum absolute atomic E-state index is 13.4. The molecule has 35 heavy (non-hydrogen) atoms. The zero-order chi connectivity index (χ0) is 24.8. The van der Waals surface area contributed by atoms with Gasteiger partial charge >= 0.3 is 0 Å². The summed E-state index contributed by atoms with van der Waals surface area (Å²) in [5.74, 6) is 0.0425. The summed E-state index contributed by atoms with van der Waals surface area (Å²) in [6, 6.07) is 22.9. The van der Waals surface area contributed by atoms with Gasteiger partial charge in [-0.2, -0.15) is 5.10 Å². The lowest BCUT2D eigenvalue weighted by molar-refractivity contribution is -0.115. The summed E-state index contributed by atoms with van der Waals surface area (Å²) >= 11 is 0. The van der Waals surface area contributed by atoms with Gasteiger partial charge in [-0.25, -0.2) is 13.1 Å². The van der Waals surface area contributed by atoms with E-state index < -0.39 is 10.0 Å². The molecule has 1 N–H and O–H groups in total. The average molecular weight is 491 g/mol. The minimum atomic E-state index is -3.86. The van der Waals surface area contributed by atoms with Gasteiger partial charge in [-0.15, -0.1) is 0 Å². The van der Waals surface area contributed by atoms with Crippen LogP contribution in [-0.4, -0.2) is 37.8 Å². The lowest BCUT2D eigenvalue weighted by Crippen LogP contribution is -2.30. The molecule has 1 amide bonds. The van der Waals surface area contributed by atoms with Crippen LogP contribution in [0.4, 0.5) is 11.4 Å². The molecule has 1 heterocycles. The Morgan fingerprint density at radius 3 is 2.37 bits per heavy atom. The van der Waals surface area contributed by atoms with Gasteiger partial charge in [-0.1, -0.05) is 36.4 Å². The van der Waals surface area contributed by atoms with E-state index in [0.29, 0.717) is 11.4 Å². The summed E-state index contributed by atoms with van der Waals surface area (Å²) < 4.78 is 35.2. The molecule has 0 aliphatic rings. The summed E-state index contributed by atoms with van der Waals surface area (Å²) in [5.41, 5.74) is 2.44. The Labute approximate surface area is 204 Å². The number of amides is 1. The van der Waals surface area contributed by atoms with E-state index in [4.69, 9.17) is 4.74 Å². The van der Waals surface area contributed by atoms with Crippen molar-refractivity contribution in [3.63, 3.8) is 0 Å². The van der Waals surface area contributed by atoms with Crippen LogP contribution in [0.1, 0.15) is 12.5 Å². The molecule has 0 saturated heterocycles. The number of rotatable bonds is 9. The van der Waals surface area contributed by atoms with Crippen LogP contribution in [0.5, 0.6) is 5.75 Å². The molecule has 0 aliphatic heterocycles. The third kappa shape index (κ3) is 5.36. The number of para-hydroxylation sites is 2. The minimum Gasteiger partial charge on any atom is -0.495 e. The number of nitrogens with one attached hydrogen (secondary N) is 1. The van der Waals surface area contributed by atoms with Crippen LogP contribution in [0, 0.1) is 0 Å². The first kappa shape index (κ1) is 24.0. The standard InChI is InChI=1S/C26H26N4O4S/c1-3-30(22-12-8-5-9-13-22)35(32,33)23-14-15-25(34-2)24(17-23)28-26(31)16-20-18-27-29(19-20)21-10-6-4-7-11-21/h4-15,17-19H,3,16H2,1-2H3,(H,28,31). The molecular weight excluding hydrogens is 464 g/mol. The third-order valence-corrected chi connectivity index (χ3v) is 7.28. The van der Waals surface area contributed by atoms with Gasteiger partial charge in [0, 0.05) is 12.7 Å². The number of hydrogen-bond donors (Lipinski definition) is 1. The van der Waals surface area contributed by atoms with Crippen LogP contribution in [-0.2, 0) is 21.2 Å². The van der Waals surface area contributed by atoms with E-state index >= 15 is 0 Å². The van der Waals surface area contributed by atoms with Crippen molar-refractivity contribution in [3.8, 4) is 11.4 Å². The molecule has 0 spiro atoms. The van der Waals surface area contributed by atoms with Gasteiger partial charge in [0.25, 0.3) is 10.0 Å². The van der Waals surface area contributed by atoms with E-state index in [0.717, 1.165) is 11.3 Å². The Hall–Kier alpha value is -4.11. The van der Waals surface area contributed by atoms with Crippen molar-refractivity contribution in [2.45, 2.75) is 18.2 Å². The maximum Gasteiger partial charge on any atom is 0.264 e. The summed E-state index contributed by atoms with van der Waals surface area (Å²) in [6.07, 6.45) is 3.48. The van der Waals surface area contributed by atoms with E-state index in [1.54, 1.807) is 48.3 Å². The predicted molar refractivity (Wildman–Crippen MR) is 136 cm³/mol. The monoisotopic (exact) mass is 490 g/mol. The lowest BCUT2D eigenvalue weighted by atomic mass is 10.2. The average Bonchev–Trinajstić information content (AvgIpc) is 3.34. The van der Waals surface area contributed by atoms with E-state index in [2.05, 4.69) is 10.4 Å². The van der Waals surface area contributed by atoms with Gasteiger partial charge in [0.05, 0.1) is 41.7 Å². The number of methoxy groups -OCH3 is 1. The number of aromatic nitrogens is 2. The maximum atomic E-state index is 13.4. The highest BCUT2D eigenvalue weighted by molar-refractivity contribution is 7.92. The first-order chi connectivity index (χ1) is 16.9. The SMILES string of the molecule is CCN(c1ccccc1)S(=O)(=O)c1ccc(OC)c(NC(=O)Cc2cnn(-c3ccccc3)c2)c1. The van der Waals surface area contributed by atoms with Crippen molar-refractivity contribution >= 4 is 27.3 Å². The van der Waals surface area contributed by atoms with Crippen molar-refractivity contribution in [2.75, 3.05) is 23.3 Å². The topological polar surface area (TPSA) is 93.5 Å². The summed E-state index contributed by atoms with van der Waals surface area (Å²) in [6.45, 7) is 2.03. The van der Waals surface area contributed by atoms with E-state index in [9.17, 15) is 13.2 Å². The largest absolute Gasteiger partial charge is 0.495 e. The molecule has 0 saturated carbocycles. The molecule has 0 radical (unpaired) electrons.